The Hall–Kier alpha value is -1.33. The van der Waals surface area contributed by atoms with Crippen LogP contribution in [-0.2, 0) is 11.3 Å². The third kappa shape index (κ3) is 4.36. The molecule has 19 heavy (non-hydrogen) atoms. The predicted octanol–water partition coefficient (Wildman–Crippen LogP) is 1.05. The Balaban J connectivity index is 1.68. The average Bonchev–Trinajstić information content (AvgIpc) is 2.93. The minimum absolute atomic E-state index is 0.270. The van der Waals surface area contributed by atoms with Gasteiger partial charge < -0.3 is 15.1 Å². The van der Waals surface area contributed by atoms with Crippen LogP contribution in [0.3, 0.4) is 0 Å². The van der Waals surface area contributed by atoms with Crippen LogP contribution in [0.25, 0.3) is 0 Å². The van der Waals surface area contributed by atoms with E-state index in [0.29, 0.717) is 13.0 Å². The van der Waals surface area contributed by atoms with Crippen LogP contribution in [0, 0.1) is 0 Å². The van der Waals surface area contributed by atoms with Gasteiger partial charge in [-0.3, -0.25) is 9.69 Å². The maximum absolute atomic E-state index is 11.9. The van der Waals surface area contributed by atoms with E-state index in [1.807, 2.05) is 17.0 Å². The predicted molar refractivity (Wildman–Crippen MR) is 73.5 cm³/mol. The van der Waals surface area contributed by atoms with Crippen molar-refractivity contribution in [3.8, 4) is 0 Å². The second-order valence-electron chi connectivity index (χ2n) is 4.98. The van der Waals surface area contributed by atoms with Gasteiger partial charge in [-0.25, -0.2) is 0 Å². The topological polar surface area (TPSA) is 62.7 Å². The zero-order valence-corrected chi connectivity index (χ0v) is 11.4. The van der Waals surface area contributed by atoms with Gasteiger partial charge in [0.05, 0.1) is 12.8 Å². The van der Waals surface area contributed by atoms with Crippen LogP contribution in [0.2, 0.25) is 0 Å². The van der Waals surface area contributed by atoms with Crippen molar-refractivity contribution in [2.45, 2.75) is 25.8 Å². The lowest BCUT2D eigenvalue weighted by Crippen LogP contribution is -2.48. The Morgan fingerprint density at radius 2 is 2.05 bits per heavy atom. The number of unbranched alkanes of at least 4 members (excludes halogenated alkanes) is 1. The molecule has 1 aliphatic heterocycles. The smallest absolute Gasteiger partial charge is 0.222 e. The number of amides is 1. The van der Waals surface area contributed by atoms with Crippen molar-refractivity contribution in [1.29, 1.82) is 0 Å². The molecule has 5 heteroatoms. The van der Waals surface area contributed by atoms with Gasteiger partial charge in [0, 0.05) is 32.6 Å². The number of hydrogen-bond acceptors (Lipinski definition) is 4. The summed E-state index contributed by atoms with van der Waals surface area (Å²) in [6.07, 6.45) is 4.17. The molecule has 1 aromatic heterocycles. The minimum Gasteiger partial charge on any atom is -0.468 e. The highest BCUT2D eigenvalue weighted by atomic mass is 16.3. The lowest BCUT2D eigenvalue weighted by Gasteiger charge is -2.34. The lowest BCUT2D eigenvalue weighted by molar-refractivity contribution is -0.133. The maximum atomic E-state index is 11.9. The molecule has 1 aliphatic rings. The van der Waals surface area contributed by atoms with E-state index in [-0.39, 0.29) is 5.91 Å². The largest absolute Gasteiger partial charge is 0.468 e. The molecule has 106 valence electrons. The SMILES string of the molecule is NCCCCC(=O)N1CCN(Cc2ccco2)CC1. The van der Waals surface area contributed by atoms with Crippen molar-refractivity contribution in [2.75, 3.05) is 32.7 Å². The summed E-state index contributed by atoms with van der Waals surface area (Å²) in [4.78, 5) is 16.2. The van der Waals surface area contributed by atoms with E-state index in [2.05, 4.69) is 4.90 Å². The van der Waals surface area contributed by atoms with E-state index in [1.54, 1.807) is 6.26 Å². The van der Waals surface area contributed by atoms with Crippen molar-refractivity contribution in [2.24, 2.45) is 5.73 Å². The van der Waals surface area contributed by atoms with Gasteiger partial charge in [0.25, 0.3) is 0 Å². The molecule has 0 aliphatic carbocycles. The molecular formula is C14H23N3O2. The van der Waals surface area contributed by atoms with Crippen molar-refractivity contribution >= 4 is 5.91 Å². The molecular weight excluding hydrogens is 242 g/mol. The van der Waals surface area contributed by atoms with E-state index in [4.69, 9.17) is 10.2 Å². The van der Waals surface area contributed by atoms with Crippen LogP contribution in [0.5, 0.6) is 0 Å². The molecule has 2 heterocycles. The third-order valence-corrected chi connectivity index (χ3v) is 3.53. The highest BCUT2D eigenvalue weighted by Crippen LogP contribution is 2.10. The van der Waals surface area contributed by atoms with Gasteiger partial charge in [-0.2, -0.15) is 0 Å². The molecule has 0 saturated carbocycles. The Kier molecular flexibility index (Phi) is 5.42. The van der Waals surface area contributed by atoms with E-state index < -0.39 is 0 Å². The van der Waals surface area contributed by atoms with Crippen molar-refractivity contribution < 1.29 is 9.21 Å². The molecule has 0 spiro atoms. The Morgan fingerprint density at radius 1 is 1.26 bits per heavy atom. The zero-order chi connectivity index (χ0) is 13.5. The molecule has 1 fully saturated rings. The Labute approximate surface area is 114 Å². The average molecular weight is 265 g/mol. The summed E-state index contributed by atoms with van der Waals surface area (Å²) in [5.74, 6) is 1.26. The van der Waals surface area contributed by atoms with E-state index >= 15 is 0 Å². The van der Waals surface area contributed by atoms with Crippen LogP contribution in [-0.4, -0.2) is 48.4 Å². The summed E-state index contributed by atoms with van der Waals surface area (Å²) >= 11 is 0. The number of carbonyl (C=O) groups excluding carboxylic acids is 1. The molecule has 0 atom stereocenters. The molecule has 2 N–H and O–H groups in total. The fraction of sp³-hybridized carbons (Fsp3) is 0.643. The second-order valence-corrected chi connectivity index (χ2v) is 4.98. The van der Waals surface area contributed by atoms with Gasteiger partial charge in [0.15, 0.2) is 0 Å². The summed E-state index contributed by atoms with van der Waals surface area (Å²) in [7, 11) is 0. The molecule has 2 rings (SSSR count). The van der Waals surface area contributed by atoms with Crippen LogP contribution in [0.15, 0.2) is 22.8 Å². The van der Waals surface area contributed by atoms with Crippen LogP contribution in [0.4, 0.5) is 0 Å². The van der Waals surface area contributed by atoms with E-state index in [9.17, 15) is 4.79 Å². The van der Waals surface area contributed by atoms with Crippen molar-refractivity contribution in [1.82, 2.24) is 9.80 Å². The van der Waals surface area contributed by atoms with E-state index in [1.165, 1.54) is 0 Å². The lowest BCUT2D eigenvalue weighted by atomic mass is 10.2. The number of carbonyl (C=O) groups is 1. The molecule has 0 bridgehead atoms. The van der Waals surface area contributed by atoms with Gasteiger partial charge in [0.1, 0.15) is 5.76 Å². The normalized spacial score (nSPS) is 16.8. The maximum Gasteiger partial charge on any atom is 0.222 e. The highest BCUT2D eigenvalue weighted by molar-refractivity contribution is 5.76. The molecule has 1 saturated heterocycles. The monoisotopic (exact) mass is 265 g/mol. The number of rotatable bonds is 6. The highest BCUT2D eigenvalue weighted by Gasteiger charge is 2.20. The molecule has 0 aromatic carbocycles. The fourth-order valence-electron chi connectivity index (χ4n) is 2.36. The van der Waals surface area contributed by atoms with Gasteiger partial charge in [-0.05, 0) is 31.5 Å². The fourth-order valence-corrected chi connectivity index (χ4v) is 2.36. The number of piperazine rings is 1. The van der Waals surface area contributed by atoms with Crippen LogP contribution in [0.1, 0.15) is 25.0 Å². The summed E-state index contributed by atoms with van der Waals surface area (Å²) in [6.45, 7) is 4.99. The summed E-state index contributed by atoms with van der Waals surface area (Å²) < 4.78 is 5.34. The summed E-state index contributed by atoms with van der Waals surface area (Å²) in [5.41, 5.74) is 5.44. The molecule has 1 amide bonds. The van der Waals surface area contributed by atoms with Gasteiger partial charge in [-0.15, -0.1) is 0 Å². The summed E-state index contributed by atoms with van der Waals surface area (Å²) in [5, 5.41) is 0. The standard InChI is InChI=1S/C14H23N3O2/c15-6-2-1-5-14(18)17-9-7-16(8-10-17)12-13-4-3-11-19-13/h3-4,11H,1-2,5-10,12,15H2. The molecule has 0 radical (unpaired) electrons. The first kappa shape index (κ1) is 14.1. The number of nitrogens with two attached hydrogens (primary N) is 1. The van der Waals surface area contributed by atoms with Crippen LogP contribution >= 0.6 is 0 Å². The number of hydrogen-bond donors (Lipinski definition) is 1. The zero-order valence-electron chi connectivity index (χ0n) is 11.4. The first-order valence-corrected chi connectivity index (χ1v) is 7.02. The number of nitrogens with zero attached hydrogens (tertiary/aromatic N) is 2. The van der Waals surface area contributed by atoms with Gasteiger partial charge in [-0.1, -0.05) is 0 Å². The molecule has 1 aromatic rings. The Bertz CT molecular complexity index is 370. The first-order valence-electron chi connectivity index (χ1n) is 7.02. The molecule has 5 nitrogen and oxygen atoms in total. The number of furan rings is 1. The van der Waals surface area contributed by atoms with Crippen LogP contribution < -0.4 is 5.73 Å². The van der Waals surface area contributed by atoms with Crippen molar-refractivity contribution in [3.63, 3.8) is 0 Å². The Morgan fingerprint density at radius 3 is 2.68 bits per heavy atom. The van der Waals surface area contributed by atoms with Crippen molar-refractivity contribution in [3.05, 3.63) is 24.2 Å². The summed E-state index contributed by atoms with van der Waals surface area (Å²) in [6, 6.07) is 3.90. The third-order valence-electron chi connectivity index (χ3n) is 3.53. The minimum atomic E-state index is 0.270. The second kappa shape index (κ2) is 7.31. The molecule has 0 unspecified atom stereocenters. The van der Waals surface area contributed by atoms with Gasteiger partial charge >= 0.3 is 0 Å². The first-order chi connectivity index (χ1) is 9.29. The van der Waals surface area contributed by atoms with E-state index in [0.717, 1.165) is 51.3 Å². The van der Waals surface area contributed by atoms with Gasteiger partial charge in [0.2, 0.25) is 5.91 Å². The quantitative estimate of drug-likeness (QED) is 0.781.